The van der Waals surface area contributed by atoms with Crippen molar-refractivity contribution in [3.05, 3.63) is 53.8 Å². The molecule has 2 amide bonds. The highest BCUT2D eigenvalue weighted by atomic mass is 19.1. The summed E-state index contributed by atoms with van der Waals surface area (Å²) in [7, 11) is 0. The average molecular weight is 375 g/mol. The van der Waals surface area contributed by atoms with Crippen LogP contribution in [0.15, 0.2) is 42.5 Å². The van der Waals surface area contributed by atoms with E-state index in [4.69, 9.17) is 15.2 Å². The number of hydrogen-bond acceptors (Lipinski definition) is 5. The maximum atomic E-state index is 13.1. The number of hydrogen-bond donors (Lipinski definition) is 2. The number of nitrogens with zero attached hydrogens (tertiary/aromatic N) is 1. The van der Waals surface area contributed by atoms with E-state index in [0.29, 0.717) is 11.4 Å². The molecule has 2 rings (SSSR count). The van der Waals surface area contributed by atoms with Gasteiger partial charge in [0.25, 0.3) is 0 Å². The van der Waals surface area contributed by atoms with Crippen LogP contribution in [0.5, 0.6) is 0 Å². The number of nitrogens with one attached hydrogen (secondary N) is 1. The third-order valence-electron chi connectivity index (χ3n) is 3.60. The summed E-state index contributed by atoms with van der Waals surface area (Å²) in [5, 5.41) is 2.53. The Morgan fingerprint density at radius 2 is 1.74 bits per heavy atom. The van der Waals surface area contributed by atoms with Crippen molar-refractivity contribution in [2.24, 2.45) is 0 Å². The highest BCUT2D eigenvalue weighted by Gasteiger charge is 2.19. The number of anilines is 3. The molecule has 144 valence electrons. The van der Waals surface area contributed by atoms with E-state index in [1.807, 2.05) is 0 Å². The van der Waals surface area contributed by atoms with Gasteiger partial charge >= 0.3 is 12.2 Å². The number of benzene rings is 2. The van der Waals surface area contributed by atoms with Gasteiger partial charge in [-0.1, -0.05) is 12.1 Å². The minimum absolute atomic E-state index is 0.170. The number of nitrogen functional groups attached to an aromatic ring is 1. The highest BCUT2D eigenvalue weighted by Crippen LogP contribution is 2.27. The summed E-state index contributed by atoms with van der Waals surface area (Å²) in [4.78, 5) is 25.3. The topological polar surface area (TPSA) is 93.9 Å². The quantitative estimate of drug-likeness (QED) is 0.740. The largest absolute Gasteiger partial charge is 0.450 e. The van der Waals surface area contributed by atoms with Crippen LogP contribution in [0.3, 0.4) is 0 Å². The molecule has 0 aliphatic heterocycles. The van der Waals surface area contributed by atoms with E-state index in [1.165, 1.54) is 17.0 Å². The number of amides is 2. The number of rotatable bonds is 6. The summed E-state index contributed by atoms with van der Waals surface area (Å²) in [5.74, 6) is -0.361. The summed E-state index contributed by atoms with van der Waals surface area (Å²) in [6.45, 7) is 4.01. The Hall–Kier alpha value is -3.29. The molecule has 0 heterocycles. The molecule has 0 fully saturated rings. The predicted octanol–water partition coefficient (Wildman–Crippen LogP) is 4.14. The number of halogens is 1. The van der Waals surface area contributed by atoms with Gasteiger partial charge in [-0.05, 0) is 49.7 Å². The van der Waals surface area contributed by atoms with E-state index in [0.717, 1.165) is 5.56 Å². The molecule has 2 aromatic carbocycles. The lowest BCUT2D eigenvalue weighted by molar-refractivity contribution is 0.159. The lowest BCUT2D eigenvalue weighted by Gasteiger charge is -2.23. The molecule has 0 unspecified atom stereocenters. The number of carbonyl (C=O) groups excluding carboxylic acids is 2. The normalized spacial score (nSPS) is 10.2. The first kappa shape index (κ1) is 20.0. The van der Waals surface area contributed by atoms with Crippen molar-refractivity contribution in [3.8, 4) is 0 Å². The van der Waals surface area contributed by atoms with Crippen molar-refractivity contribution in [2.75, 3.05) is 29.2 Å². The summed E-state index contributed by atoms with van der Waals surface area (Å²) >= 11 is 0. The fraction of sp³-hybridized carbons (Fsp3) is 0.263. The van der Waals surface area contributed by atoms with E-state index in [9.17, 15) is 14.0 Å². The van der Waals surface area contributed by atoms with E-state index in [2.05, 4.69) is 5.32 Å². The van der Waals surface area contributed by atoms with Crippen LogP contribution >= 0.6 is 0 Å². The lowest BCUT2D eigenvalue weighted by atomic mass is 10.2. The van der Waals surface area contributed by atoms with E-state index >= 15 is 0 Å². The molecule has 0 saturated carbocycles. The second-order valence-electron chi connectivity index (χ2n) is 5.53. The summed E-state index contributed by atoms with van der Waals surface area (Å²) in [5.41, 5.74) is 7.81. The first-order valence-corrected chi connectivity index (χ1v) is 8.46. The average Bonchev–Trinajstić information content (AvgIpc) is 2.63. The van der Waals surface area contributed by atoms with Gasteiger partial charge in [0.2, 0.25) is 0 Å². The zero-order valence-corrected chi connectivity index (χ0v) is 15.2. The summed E-state index contributed by atoms with van der Waals surface area (Å²) in [6.07, 6.45) is -1.18. The molecule has 27 heavy (non-hydrogen) atoms. The Balaban J connectivity index is 2.26. The molecule has 0 bridgehead atoms. The van der Waals surface area contributed by atoms with Crippen LogP contribution < -0.4 is 16.0 Å². The van der Waals surface area contributed by atoms with Crippen LogP contribution in [-0.2, 0) is 16.0 Å². The van der Waals surface area contributed by atoms with Gasteiger partial charge in [0.15, 0.2) is 0 Å². The monoisotopic (exact) mass is 375 g/mol. The van der Waals surface area contributed by atoms with Crippen LogP contribution in [0.1, 0.15) is 19.4 Å². The summed E-state index contributed by atoms with van der Waals surface area (Å²) < 4.78 is 23.0. The third-order valence-corrected chi connectivity index (χ3v) is 3.60. The Labute approximate surface area is 156 Å². The second-order valence-corrected chi connectivity index (χ2v) is 5.53. The summed E-state index contributed by atoms with van der Waals surface area (Å²) in [6, 6.07) is 10.5. The molecule has 0 radical (unpaired) electrons. The molecule has 8 heteroatoms. The highest BCUT2D eigenvalue weighted by molar-refractivity contribution is 5.93. The SMILES string of the molecule is CCOC(=O)Nc1ccc(N(Cc2ccc(F)cc2)C(=O)OCC)cc1N. The number of nitrogens with two attached hydrogens (primary N) is 1. The van der Waals surface area contributed by atoms with Gasteiger partial charge in [0.1, 0.15) is 5.82 Å². The van der Waals surface area contributed by atoms with Gasteiger partial charge < -0.3 is 15.2 Å². The van der Waals surface area contributed by atoms with Gasteiger partial charge in [-0.3, -0.25) is 10.2 Å². The predicted molar refractivity (Wildman–Crippen MR) is 101 cm³/mol. The standard InChI is InChI=1S/C19H22FN3O4/c1-3-26-18(24)22-17-10-9-15(11-16(17)21)23(19(25)27-4-2)12-13-5-7-14(20)8-6-13/h5-11H,3-4,12,21H2,1-2H3,(H,22,24). The molecule has 0 aliphatic carbocycles. The van der Waals surface area contributed by atoms with Crippen molar-refractivity contribution in [3.63, 3.8) is 0 Å². The van der Waals surface area contributed by atoms with Gasteiger partial charge in [0, 0.05) is 5.69 Å². The lowest BCUT2D eigenvalue weighted by Crippen LogP contribution is -2.31. The Morgan fingerprint density at radius 1 is 1.07 bits per heavy atom. The van der Waals surface area contributed by atoms with E-state index in [-0.39, 0.29) is 31.3 Å². The fourth-order valence-electron chi connectivity index (χ4n) is 2.34. The minimum Gasteiger partial charge on any atom is -0.450 e. The molecular formula is C19H22FN3O4. The molecular weight excluding hydrogens is 353 g/mol. The first-order chi connectivity index (χ1) is 12.9. The molecule has 0 aromatic heterocycles. The van der Waals surface area contributed by atoms with Gasteiger partial charge in [-0.15, -0.1) is 0 Å². The van der Waals surface area contributed by atoms with Crippen LogP contribution in [0.2, 0.25) is 0 Å². The van der Waals surface area contributed by atoms with Crippen molar-refractivity contribution >= 4 is 29.2 Å². The third kappa shape index (κ3) is 5.60. The maximum absolute atomic E-state index is 13.1. The zero-order chi connectivity index (χ0) is 19.8. The van der Waals surface area contributed by atoms with Crippen molar-refractivity contribution < 1.29 is 23.5 Å². The van der Waals surface area contributed by atoms with Crippen molar-refractivity contribution in [1.82, 2.24) is 0 Å². The Kier molecular flexibility index (Phi) is 6.99. The molecule has 0 atom stereocenters. The number of carbonyl (C=O) groups is 2. The van der Waals surface area contributed by atoms with Crippen LogP contribution in [-0.4, -0.2) is 25.4 Å². The molecule has 7 nitrogen and oxygen atoms in total. The molecule has 0 saturated heterocycles. The minimum atomic E-state index is -0.620. The van der Waals surface area contributed by atoms with Crippen LogP contribution in [0, 0.1) is 5.82 Å². The van der Waals surface area contributed by atoms with Crippen molar-refractivity contribution in [2.45, 2.75) is 20.4 Å². The zero-order valence-electron chi connectivity index (χ0n) is 15.2. The maximum Gasteiger partial charge on any atom is 0.414 e. The van der Waals surface area contributed by atoms with Gasteiger partial charge in [0.05, 0.1) is 31.1 Å². The number of ether oxygens (including phenoxy) is 2. The van der Waals surface area contributed by atoms with E-state index < -0.39 is 12.2 Å². The second kappa shape index (κ2) is 9.42. The fourth-order valence-corrected chi connectivity index (χ4v) is 2.34. The van der Waals surface area contributed by atoms with Crippen LogP contribution in [0.25, 0.3) is 0 Å². The Morgan fingerprint density at radius 3 is 2.33 bits per heavy atom. The molecule has 2 aromatic rings. The first-order valence-electron chi connectivity index (χ1n) is 8.46. The van der Waals surface area contributed by atoms with Crippen molar-refractivity contribution in [1.29, 1.82) is 0 Å². The van der Waals surface area contributed by atoms with Crippen LogP contribution in [0.4, 0.5) is 31.0 Å². The molecule has 0 aliphatic rings. The molecule has 0 spiro atoms. The molecule has 3 N–H and O–H groups in total. The van der Waals surface area contributed by atoms with Gasteiger partial charge in [-0.2, -0.15) is 0 Å². The Bertz CT molecular complexity index is 796. The van der Waals surface area contributed by atoms with Gasteiger partial charge in [-0.25, -0.2) is 14.0 Å². The van der Waals surface area contributed by atoms with E-state index in [1.54, 1.807) is 44.2 Å². The smallest absolute Gasteiger partial charge is 0.414 e.